The van der Waals surface area contributed by atoms with Crippen LogP contribution in [0.3, 0.4) is 0 Å². The second-order valence-electron chi connectivity index (χ2n) is 5.09. The van der Waals surface area contributed by atoms with Crippen LogP contribution in [0.4, 0.5) is 0 Å². The third kappa shape index (κ3) is 1.45. The van der Waals surface area contributed by atoms with Crippen molar-refractivity contribution in [3.63, 3.8) is 0 Å². The molecular formula is C17H9N5. The Balaban J connectivity index is 2.17. The number of hydrogen-bond acceptors (Lipinski definition) is 5. The lowest BCUT2D eigenvalue weighted by atomic mass is 10.1. The number of pyridine rings is 3. The van der Waals surface area contributed by atoms with Gasteiger partial charge in [-0.15, -0.1) is 0 Å². The summed E-state index contributed by atoms with van der Waals surface area (Å²) in [5, 5.41) is 2.97. The summed E-state index contributed by atoms with van der Waals surface area (Å²) in [7, 11) is 0. The van der Waals surface area contributed by atoms with Gasteiger partial charge in [-0.05, 0) is 30.3 Å². The Bertz CT molecular complexity index is 1090. The van der Waals surface area contributed by atoms with E-state index in [9.17, 15) is 0 Å². The summed E-state index contributed by atoms with van der Waals surface area (Å²) < 4.78 is 0. The fourth-order valence-corrected chi connectivity index (χ4v) is 2.87. The van der Waals surface area contributed by atoms with Gasteiger partial charge in [0.05, 0.1) is 11.0 Å². The van der Waals surface area contributed by atoms with Crippen LogP contribution < -0.4 is 0 Å². The van der Waals surface area contributed by atoms with E-state index in [1.807, 2.05) is 36.5 Å². The van der Waals surface area contributed by atoms with Crippen molar-refractivity contribution >= 4 is 43.9 Å². The van der Waals surface area contributed by atoms with Crippen molar-refractivity contribution in [2.75, 3.05) is 0 Å². The van der Waals surface area contributed by atoms with E-state index in [4.69, 9.17) is 9.97 Å². The zero-order valence-electron chi connectivity index (χ0n) is 11.4. The monoisotopic (exact) mass is 283 g/mol. The maximum atomic E-state index is 4.78. The Labute approximate surface area is 124 Å². The van der Waals surface area contributed by atoms with Gasteiger partial charge in [0.1, 0.15) is 11.0 Å². The molecule has 5 heteroatoms. The molecule has 0 aliphatic carbocycles. The van der Waals surface area contributed by atoms with E-state index in [1.54, 1.807) is 18.6 Å². The highest BCUT2D eigenvalue weighted by molar-refractivity contribution is 6.22. The molecular weight excluding hydrogens is 274 g/mol. The van der Waals surface area contributed by atoms with Gasteiger partial charge >= 0.3 is 0 Å². The molecule has 0 aliphatic heterocycles. The second kappa shape index (κ2) is 4.14. The lowest BCUT2D eigenvalue weighted by Crippen LogP contribution is -1.93. The van der Waals surface area contributed by atoms with Gasteiger partial charge < -0.3 is 0 Å². The highest BCUT2D eigenvalue weighted by atomic mass is 14.9. The van der Waals surface area contributed by atoms with E-state index >= 15 is 0 Å². The van der Waals surface area contributed by atoms with Crippen LogP contribution in [-0.4, -0.2) is 24.9 Å². The third-order valence-corrected chi connectivity index (χ3v) is 3.83. The van der Waals surface area contributed by atoms with Gasteiger partial charge in [0.25, 0.3) is 0 Å². The Hall–Kier alpha value is -3.21. The predicted octanol–water partition coefficient (Wildman–Crippen LogP) is 3.27. The van der Waals surface area contributed by atoms with Crippen molar-refractivity contribution in [1.82, 2.24) is 24.9 Å². The summed E-state index contributed by atoms with van der Waals surface area (Å²) in [5.41, 5.74) is 4.01. The van der Waals surface area contributed by atoms with Crippen LogP contribution in [0.5, 0.6) is 0 Å². The van der Waals surface area contributed by atoms with Crippen LogP contribution in [-0.2, 0) is 0 Å². The molecule has 0 saturated carbocycles. The lowest BCUT2D eigenvalue weighted by molar-refractivity contribution is 1.29. The van der Waals surface area contributed by atoms with E-state index < -0.39 is 0 Å². The first-order valence-corrected chi connectivity index (χ1v) is 6.95. The summed E-state index contributed by atoms with van der Waals surface area (Å²) in [5.74, 6) is 0. The first-order chi connectivity index (χ1) is 10.9. The standard InChI is InChI=1S/C17H9N5/c1-3-11-14(19-6-1)12-9-18-8-5-10(12)15-16(11)22-17-13(21-15)4-2-7-20-17/h1-9H. The number of benzene rings is 1. The van der Waals surface area contributed by atoms with Gasteiger partial charge in [0, 0.05) is 40.9 Å². The number of rotatable bonds is 0. The van der Waals surface area contributed by atoms with Gasteiger partial charge in [-0.1, -0.05) is 0 Å². The molecule has 0 radical (unpaired) electrons. The van der Waals surface area contributed by atoms with E-state index in [1.165, 1.54) is 0 Å². The first-order valence-electron chi connectivity index (χ1n) is 6.95. The fraction of sp³-hybridized carbons (Fsp3) is 0. The van der Waals surface area contributed by atoms with Gasteiger partial charge in [0.2, 0.25) is 0 Å². The van der Waals surface area contributed by atoms with Crippen LogP contribution in [0, 0.1) is 0 Å². The maximum absolute atomic E-state index is 4.78. The molecule has 0 atom stereocenters. The normalized spacial score (nSPS) is 11.6. The fourth-order valence-electron chi connectivity index (χ4n) is 2.87. The molecule has 0 amide bonds. The van der Waals surface area contributed by atoms with Gasteiger partial charge in [-0.2, -0.15) is 0 Å². The number of fused-ring (bicyclic) bond motifs is 7. The Morgan fingerprint density at radius 1 is 0.636 bits per heavy atom. The topological polar surface area (TPSA) is 64.5 Å². The molecule has 5 nitrogen and oxygen atoms in total. The quantitative estimate of drug-likeness (QED) is 0.322. The molecule has 5 rings (SSSR count). The van der Waals surface area contributed by atoms with Crippen molar-refractivity contribution in [1.29, 1.82) is 0 Å². The molecule has 0 aliphatic rings. The molecule has 1 aromatic carbocycles. The molecule has 5 aromatic rings. The van der Waals surface area contributed by atoms with Crippen molar-refractivity contribution in [2.24, 2.45) is 0 Å². The molecule has 102 valence electrons. The van der Waals surface area contributed by atoms with Crippen molar-refractivity contribution in [3.8, 4) is 0 Å². The van der Waals surface area contributed by atoms with Gasteiger partial charge in [-0.25, -0.2) is 15.0 Å². The molecule has 0 unspecified atom stereocenters. The van der Waals surface area contributed by atoms with E-state index in [2.05, 4.69) is 15.0 Å². The molecule has 22 heavy (non-hydrogen) atoms. The van der Waals surface area contributed by atoms with Crippen LogP contribution in [0.1, 0.15) is 0 Å². The van der Waals surface area contributed by atoms with E-state index in [-0.39, 0.29) is 0 Å². The largest absolute Gasteiger partial charge is 0.264 e. The van der Waals surface area contributed by atoms with Gasteiger partial charge in [-0.3, -0.25) is 9.97 Å². The van der Waals surface area contributed by atoms with Crippen LogP contribution >= 0.6 is 0 Å². The SMILES string of the molecule is c1cnc2nc3c4cccnc4c4cnccc4c3nc2c1. The Morgan fingerprint density at radius 3 is 2.50 bits per heavy atom. The molecule has 0 bridgehead atoms. The summed E-state index contributed by atoms with van der Waals surface area (Å²) >= 11 is 0. The third-order valence-electron chi connectivity index (χ3n) is 3.83. The molecule has 4 heterocycles. The van der Waals surface area contributed by atoms with Gasteiger partial charge in [0.15, 0.2) is 5.65 Å². The lowest BCUT2D eigenvalue weighted by Gasteiger charge is -2.08. The summed E-state index contributed by atoms with van der Waals surface area (Å²) in [6.07, 6.45) is 7.12. The van der Waals surface area contributed by atoms with Crippen LogP contribution in [0.25, 0.3) is 43.9 Å². The van der Waals surface area contributed by atoms with E-state index in [0.717, 1.165) is 38.2 Å². The number of hydrogen-bond donors (Lipinski definition) is 0. The zero-order valence-corrected chi connectivity index (χ0v) is 11.4. The van der Waals surface area contributed by atoms with Crippen LogP contribution in [0.2, 0.25) is 0 Å². The highest BCUT2D eigenvalue weighted by Gasteiger charge is 2.12. The minimum absolute atomic E-state index is 0.647. The highest BCUT2D eigenvalue weighted by Crippen LogP contribution is 2.31. The smallest absolute Gasteiger partial charge is 0.178 e. The molecule has 4 aromatic heterocycles. The summed E-state index contributed by atoms with van der Waals surface area (Å²) in [6.45, 7) is 0. The number of aromatic nitrogens is 5. The average Bonchev–Trinajstić information content (AvgIpc) is 2.61. The molecule has 0 saturated heterocycles. The number of nitrogens with zero attached hydrogens (tertiary/aromatic N) is 5. The molecule has 0 spiro atoms. The molecule has 0 fully saturated rings. The maximum Gasteiger partial charge on any atom is 0.178 e. The minimum Gasteiger partial charge on any atom is -0.264 e. The summed E-state index contributed by atoms with van der Waals surface area (Å²) in [4.78, 5) is 22.6. The first kappa shape index (κ1) is 11.4. The van der Waals surface area contributed by atoms with Crippen LogP contribution in [0.15, 0.2) is 55.1 Å². The van der Waals surface area contributed by atoms with E-state index in [0.29, 0.717) is 5.65 Å². The van der Waals surface area contributed by atoms with Crippen molar-refractivity contribution < 1.29 is 0 Å². The average molecular weight is 283 g/mol. The zero-order chi connectivity index (χ0) is 14.5. The minimum atomic E-state index is 0.647. The summed E-state index contributed by atoms with van der Waals surface area (Å²) in [6, 6.07) is 9.68. The predicted molar refractivity (Wildman–Crippen MR) is 85.4 cm³/mol. The second-order valence-corrected chi connectivity index (χ2v) is 5.09. The molecule has 0 N–H and O–H groups in total. The van der Waals surface area contributed by atoms with Crippen molar-refractivity contribution in [2.45, 2.75) is 0 Å². The Kier molecular flexibility index (Phi) is 2.16. The van der Waals surface area contributed by atoms with Crippen molar-refractivity contribution in [3.05, 3.63) is 55.1 Å². The Morgan fingerprint density at radius 2 is 1.50 bits per heavy atom.